The Morgan fingerprint density at radius 3 is 2.18 bits per heavy atom. The maximum Gasteiger partial charge on any atom is 0.387 e. The van der Waals surface area contributed by atoms with Crippen LogP contribution in [-0.2, 0) is 0 Å². The molecule has 0 amide bonds. The number of hydrogen-bond acceptors (Lipinski definition) is 4. The molecular formula is C21H19F2N3O2. The molecule has 0 aliphatic heterocycles. The molecule has 0 aromatic heterocycles. The topological polar surface area (TPSA) is 68.9 Å². The third-order valence-corrected chi connectivity index (χ3v) is 4.06. The lowest BCUT2D eigenvalue weighted by atomic mass is 9.98. The first kappa shape index (κ1) is 19.2. The molecule has 0 unspecified atom stereocenters. The first-order chi connectivity index (χ1) is 13.6. The van der Waals surface area contributed by atoms with Gasteiger partial charge in [-0.15, -0.1) is 0 Å². The van der Waals surface area contributed by atoms with Crippen LogP contribution in [0.5, 0.6) is 11.5 Å². The summed E-state index contributed by atoms with van der Waals surface area (Å²) in [6, 6.07) is 21.3. The second kappa shape index (κ2) is 8.85. The van der Waals surface area contributed by atoms with Crippen molar-refractivity contribution in [1.29, 1.82) is 0 Å². The third-order valence-electron chi connectivity index (χ3n) is 4.06. The first-order valence-electron chi connectivity index (χ1n) is 8.45. The highest BCUT2D eigenvalue weighted by molar-refractivity contribution is 6.12. The summed E-state index contributed by atoms with van der Waals surface area (Å²) in [6.07, 6.45) is 0. The normalized spacial score (nSPS) is 11.4. The number of anilines is 1. The number of hydrazone groups is 1. The average Bonchev–Trinajstić information content (AvgIpc) is 2.72. The van der Waals surface area contributed by atoms with E-state index < -0.39 is 6.61 Å². The fraction of sp³-hybridized carbons (Fsp3) is 0.0952. The van der Waals surface area contributed by atoms with Gasteiger partial charge in [-0.25, -0.2) is 0 Å². The van der Waals surface area contributed by atoms with Crippen LogP contribution in [0, 0.1) is 0 Å². The molecule has 0 fully saturated rings. The minimum Gasteiger partial charge on any atom is -0.496 e. The number of ether oxygens (including phenoxy) is 2. The number of hydrogen-bond donors (Lipinski definition) is 2. The molecule has 3 rings (SSSR count). The van der Waals surface area contributed by atoms with Crippen molar-refractivity contribution in [1.82, 2.24) is 0 Å². The number of para-hydroxylation sites is 3. The summed E-state index contributed by atoms with van der Waals surface area (Å²) in [4.78, 5) is 0. The van der Waals surface area contributed by atoms with Crippen molar-refractivity contribution in [3.63, 3.8) is 0 Å². The fourth-order valence-electron chi connectivity index (χ4n) is 2.86. The van der Waals surface area contributed by atoms with E-state index in [1.54, 1.807) is 25.3 Å². The summed E-state index contributed by atoms with van der Waals surface area (Å²) in [7, 11) is 1.59. The zero-order valence-corrected chi connectivity index (χ0v) is 15.1. The number of rotatable bonds is 6. The van der Waals surface area contributed by atoms with E-state index in [1.165, 1.54) is 6.07 Å². The van der Waals surface area contributed by atoms with E-state index in [4.69, 9.17) is 10.6 Å². The van der Waals surface area contributed by atoms with Crippen LogP contribution < -0.4 is 20.6 Å². The molecular weight excluding hydrogens is 364 g/mol. The Bertz CT molecular complexity index is 977. The van der Waals surface area contributed by atoms with Gasteiger partial charge >= 0.3 is 6.61 Å². The van der Waals surface area contributed by atoms with E-state index in [0.29, 0.717) is 22.8 Å². The molecule has 0 aliphatic carbocycles. The minimum absolute atomic E-state index is 0.00609. The summed E-state index contributed by atoms with van der Waals surface area (Å²) in [5, 5.41) is 6.83. The SMILES string of the molecule is COc1ccccc1-c1ccccc1/C(=N/N)Nc1ccccc1OC(F)F. The highest BCUT2D eigenvalue weighted by Gasteiger charge is 2.16. The van der Waals surface area contributed by atoms with Gasteiger partial charge in [0.15, 0.2) is 5.84 Å². The quantitative estimate of drug-likeness (QED) is 0.280. The van der Waals surface area contributed by atoms with Crippen LogP contribution in [0.15, 0.2) is 77.9 Å². The summed E-state index contributed by atoms with van der Waals surface area (Å²) >= 11 is 0. The van der Waals surface area contributed by atoms with E-state index in [2.05, 4.69) is 15.2 Å². The number of halogens is 2. The largest absolute Gasteiger partial charge is 0.496 e. The van der Waals surface area contributed by atoms with Crippen LogP contribution in [0.3, 0.4) is 0 Å². The second-order valence-electron chi connectivity index (χ2n) is 5.72. The van der Waals surface area contributed by atoms with Crippen molar-refractivity contribution in [3.05, 3.63) is 78.4 Å². The number of methoxy groups -OCH3 is 1. The van der Waals surface area contributed by atoms with E-state index in [0.717, 1.165) is 11.1 Å². The Morgan fingerprint density at radius 1 is 0.893 bits per heavy atom. The highest BCUT2D eigenvalue weighted by atomic mass is 19.3. The maximum absolute atomic E-state index is 12.7. The van der Waals surface area contributed by atoms with Gasteiger partial charge in [0.2, 0.25) is 0 Å². The number of nitrogens with zero attached hydrogens (tertiary/aromatic N) is 1. The highest BCUT2D eigenvalue weighted by Crippen LogP contribution is 2.33. The van der Waals surface area contributed by atoms with Gasteiger partial charge in [-0.2, -0.15) is 13.9 Å². The molecule has 0 bridgehead atoms. The number of nitrogens with two attached hydrogens (primary N) is 1. The Labute approximate surface area is 161 Å². The van der Waals surface area contributed by atoms with Gasteiger partial charge in [-0.05, 0) is 23.8 Å². The monoisotopic (exact) mass is 383 g/mol. The molecule has 28 heavy (non-hydrogen) atoms. The van der Waals surface area contributed by atoms with Crippen molar-refractivity contribution in [3.8, 4) is 22.6 Å². The molecule has 3 aromatic carbocycles. The molecule has 0 radical (unpaired) electrons. The second-order valence-corrected chi connectivity index (χ2v) is 5.72. The fourth-order valence-corrected chi connectivity index (χ4v) is 2.86. The molecule has 0 saturated heterocycles. The van der Waals surface area contributed by atoms with Gasteiger partial charge in [0.05, 0.1) is 12.8 Å². The standard InChI is InChI=1S/C21H19F2N3O2/c1-27-18-12-6-4-9-15(18)14-8-2-3-10-16(14)20(26-24)25-17-11-5-7-13-19(17)28-21(22)23/h2-13,21H,24H2,1H3,(H,25,26). The minimum atomic E-state index is -2.94. The maximum atomic E-state index is 12.7. The van der Waals surface area contributed by atoms with Crippen molar-refractivity contribution in [2.75, 3.05) is 12.4 Å². The van der Waals surface area contributed by atoms with Crippen LogP contribution in [0.2, 0.25) is 0 Å². The van der Waals surface area contributed by atoms with Crippen molar-refractivity contribution < 1.29 is 18.3 Å². The zero-order valence-electron chi connectivity index (χ0n) is 15.1. The molecule has 0 atom stereocenters. The Morgan fingerprint density at radius 2 is 1.50 bits per heavy atom. The molecule has 3 N–H and O–H groups in total. The van der Waals surface area contributed by atoms with Crippen LogP contribution in [0.25, 0.3) is 11.1 Å². The van der Waals surface area contributed by atoms with Gasteiger partial charge < -0.3 is 20.6 Å². The molecule has 5 nitrogen and oxygen atoms in total. The Hall–Kier alpha value is -3.61. The third kappa shape index (κ3) is 4.20. The van der Waals surface area contributed by atoms with E-state index in [1.807, 2.05) is 48.5 Å². The van der Waals surface area contributed by atoms with Crippen LogP contribution in [0.1, 0.15) is 5.56 Å². The lowest BCUT2D eigenvalue weighted by Crippen LogP contribution is -2.18. The van der Waals surface area contributed by atoms with E-state index in [-0.39, 0.29) is 5.75 Å². The smallest absolute Gasteiger partial charge is 0.387 e. The summed E-state index contributed by atoms with van der Waals surface area (Å²) in [6.45, 7) is -2.94. The number of nitrogens with one attached hydrogen (secondary N) is 1. The number of benzene rings is 3. The van der Waals surface area contributed by atoms with Gasteiger partial charge in [-0.1, -0.05) is 54.6 Å². The molecule has 0 heterocycles. The zero-order chi connectivity index (χ0) is 19.9. The van der Waals surface area contributed by atoms with Gasteiger partial charge in [0.25, 0.3) is 0 Å². The Balaban J connectivity index is 2.02. The van der Waals surface area contributed by atoms with E-state index >= 15 is 0 Å². The lowest BCUT2D eigenvalue weighted by molar-refractivity contribution is -0.0493. The van der Waals surface area contributed by atoms with Gasteiger partial charge in [0, 0.05) is 11.1 Å². The van der Waals surface area contributed by atoms with Crippen LogP contribution in [0.4, 0.5) is 14.5 Å². The van der Waals surface area contributed by atoms with Crippen molar-refractivity contribution in [2.24, 2.45) is 10.9 Å². The summed E-state index contributed by atoms with van der Waals surface area (Å²) < 4.78 is 35.4. The summed E-state index contributed by atoms with van der Waals surface area (Å²) in [5.41, 5.74) is 2.67. The van der Waals surface area contributed by atoms with Gasteiger partial charge in [0.1, 0.15) is 11.5 Å². The predicted molar refractivity (Wildman–Crippen MR) is 106 cm³/mol. The molecule has 7 heteroatoms. The van der Waals surface area contributed by atoms with Gasteiger partial charge in [-0.3, -0.25) is 0 Å². The summed E-state index contributed by atoms with van der Waals surface area (Å²) in [5.74, 6) is 6.61. The predicted octanol–water partition coefficient (Wildman–Crippen LogP) is 4.70. The van der Waals surface area contributed by atoms with Crippen LogP contribution in [-0.4, -0.2) is 19.6 Å². The molecule has 144 valence electrons. The molecule has 0 spiro atoms. The van der Waals surface area contributed by atoms with Crippen molar-refractivity contribution >= 4 is 11.5 Å². The molecule has 3 aromatic rings. The van der Waals surface area contributed by atoms with Crippen LogP contribution >= 0.6 is 0 Å². The average molecular weight is 383 g/mol. The molecule has 0 aliphatic rings. The van der Waals surface area contributed by atoms with Crippen molar-refractivity contribution in [2.45, 2.75) is 6.61 Å². The van der Waals surface area contributed by atoms with E-state index in [9.17, 15) is 8.78 Å². The number of amidine groups is 1. The molecule has 0 saturated carbocycles. The lowest BCUT2D eigenvalue weighted by Gasteiger charge is -2.17. The Kier molecular flexibility index (Phi) is 6.06. The first-order valence-corrected chi connectivity index (χ1v) is 8.45. The number of alkyl halides is 2.